The number of aliphatic hydroxyl groups is 1. The Morgan fingerprint density at radius 3 is 2.42 bits per heavy atom. The van der Waals surface area contributed by atoms with Crippen molar-refractivity contribution in [3.63, 3.8) is 0 Å². The molecule has 1 N–H and O–H groups in total. The normalized spacial score (nSPS) is 13.5. The summed E-state index contributed by atoms with van der Waals surface area (Å²) in [6.45, 7) is 1.96. The third kappa shape index (κ3) is 2.90. The van der Waals surface area contributed by atoms with Crippen molar-refractivity contribution < 1.29 is 9.32 Å². The van der Waals surface area contributed by atoms with E-state index >= 15 is 0 Å². The summed E-state index contributed by atoms with van der Waals surface area (Å²) in [5, 5.41) is 18.5. The van der Waals surface area contributed by atoms with Crippen molar-refractivity contribution in [1.82, 2.24) is 0 Å². The first-order chi connectivity index (χ1) is 9.13. The molecule has 2 aromatic rings. The minimum atomic E-state index is -1.40. The molecule has 0 aliphatic carbocycles. The SMILES string of the molecule is Cc1ccc(S(=O)c2ccccc2[C@@H](O)C#N)cc1. The molecule has 1 unspecified atom stereocenters. The standard InChI is InChI=1S/C15H13NO2S/c1-11-6-8-12(9-7-11)19(18)15-5-3-2-4-13(15)14(17)10-16/h2-9,14,17H,1H3/t14-,19?/m0/s1. The lowest BCUT2D eigenvalue weighted by Crippen LogP contribution is -2.02. The lowest BCUT2D eigenvalue weighted by molar-refractivity contribution is 0.233. The number of nitrogens with zero attached hydrogens (tertiary/aromatic N) is 1. The average molecular weight is 271 g/mol. The smallest absolute Gasteiger partial charge is 0.167 e. The number of hydrogen-bond acceptors (Lipinski definition) is 3. The minimum Gasteiger partial charge on any atom is -0.374 e. The summed E-state index contributed by atoms with van der Waals surface area (Å²) in [5.74, 6) is 0. The second-order valence-electron chi connectivity index (χ2n) is 4.15. The lowest BCUT2D eigenvalue weighted by Gasteiger charge is -2.10. The van der Waals surface area contributed by atoms with E-state index in [2.05, 4.69) is 0 Å². The van der Waals surface area contributed by atoms with E-state index in [1.807, 2.05) is 19.1 Å². The number of nitriles is 1. The van der Waals surface area contributed by atoms with Crippen molar-refractivity contribution in [3.05, 3.63) is 59.7 Å². The average Bonchev–Trinajstić information content (AvgIpc) is 2.46. The first kappa shape index (κ1) is 13.5. The van der Waals surface area contributed by atoms with Gasteiger partial charge in [-0.2, -0.15) is 5.26 Å². The summed E-state index contributed by atoms with van der Waals surface area (Å²) in [7, 11) is -1.40. The second kappa shape index (κ2) is 5.79. The Labute approximate surface area is 114 Å². The van der Waals surface area contributed by atoms with Crippen molar-refractivity contribution in [2.75, 3.05) is 0 Å². The molecule has 0 amide bonds. The summed E-state index contributed by atoms with van der Waals surface area (Å²) in [6.07, 6.45) is -1.26. The third-order valence-electron chi connectivity index (χ3n) is 2.77. The van der Waals surface area contributed by atoms with Gasteiger partial charge in [-0.1, -0.05) is 35.9 Å². The van der Waals surface area contributed by atoms with Crippen LogP contribution in [0.3, 0.4) is 0 Å². The molecular weight excluding hydrogens is 258 g/mol. The lowest BCUT2D eigenvalue weighted by atomic mass is 10.1. The molecule has 2 atom stereocenters. The van der Waals surface area contributed by atoms with Crippen LogP contribution in [0.4, 0.5) is 0 Å². The van der Waals surface area contributed by atoms with E-state index in [0.717, 1.165) is 5.56 Å². The van der Waals surface area contributed by atoms with Gasteiger partial charge in [0.2, 0.25) is 0 Å². The van der Waals surface area contributed by atoms with Gasteiger partial charge in [0.25, 0.3) is 0 Å². The van der Waals surface area contributed by atoms with E-state index in [9.17, 15) is 9.32 Å². The van der Waals surface area contributed by atoms with Gasteiger partial charge in [-0.15, -0.1) is 0 Å². The monoisotopic (exact) mass is 271 g/mol. The molecule has 0 aromatic heterocycles. The molecule has 3 nitrogen and oxygen atoms in total. The third-order valence-corrected chi connectivity index (χ3v) is 4.24. The zero-order chi connectivity index (χ0) is 13.8. The van der Waals surface area contributed by atoms with Crippen LogP contribution in [-0.4, -0.2) is 9.32 Å². The Morgan fingerprint density at radius 1 is 1.16 bits per heavy atom. The number of rotatable bonds is 3. The van der Waals surface area contributed by atoms with Crippen molar-refractivity contribution in [2.45, 2.75) is 22.8 Å². The summed E-state index contributed by atoms with van der Waals surface area (Å²) >= 11 is 0. The maximum atomic E-state index is 12.5. The predicted molar refractivity (Wildman–Crippen MR) is 72.9 cm³/mol. The van der Waals surface area contributed by atoms with Gasteiger partial charge in [-0.25, -0.2) is 4.21 Å². The van der Waals surface area contributed by atoms with Gasteiger partial charge >= 0.3 is 0 Å². The van der Waals surface area contributed by atoms with Crippen molar-refractivity contribution in [2.24, 2.45) is 0 Å². The molecule has 4 heteroatoms. The second-order valence-corrected chi connectivity index (χ2v) is 5.60. The zero-order valence-electron chi connectivity index (χ0n) is 10.4. The molecule has 0 spiro atoms. The molecule has 0 saturated heterocycles. The Hall–Kier alpha value is -1.96. The Bertz CT molecular complexity index is 644. The summed E-state index contributed by atoms with van der Waals surface area (Å²) in [6, 6.07) is 15.9. The maximum Gasteiger partial charge on any atom is 0.167 e. The fourth-order valence-electron chi connectivity index (χ4n) is 1.73. The molecule has 0 radical (unpaired) electrons. The first-order valence-electron chi connectivity index (χ1n) is 5.78. The summed E-state index contributed by atoms with van der Waals surface area (Å²) < 4.78 is 12.5. The van der Waals surface area contributed by atoms with E-state index in [1.165, 1.54) is 0 Å². The highest BCUT2D eigenvalue weighted by molar-refractivity contribution is 7.85. The highest BCUT2D eigenvalue weighted by Crippen LogP contribution is 2.24. The fraction of sp³-hybridized carbons (Fsp3) is 0.133. The summed E-state index contributed by atoms with van der Waals surface area (Å²) in [5.41, 5.74) is 1.48. The van der Waals surface area contributed by atoms with Gasteiger partial charge in [0.15, 0.2) is 6.10 Å². The maximum absolute atomic E-state index is 12.5. The van der Waals surface area contributed by atoms with E-state index in [1.54, 1.807) is 42.5 Å². The topological polar surface area (TPSA) is 61.1 Å². The van der Waals surface area contributed by atoms with Crippen LogP contribution in [0.1, 0.15) is 17.2 Å². The van der Waals surface area contributed by atoms with E-state index in [-0.39, 0.29) is 0 Å². The van der Waals surface area contributed by atoms with Crippen LogP contribution in [0.2, 0.25) is 0 Å². The number of hydrogen-bond donors (Lipinski definition) is 1. The van der Waals surface area contributed by atoms with Gasteiger partial charge in [0.1, 0.15) is 0 Å². The molecule has 96 valence electrons. The number of benzene rings is 2. The van der Waals surface area contributed by atoms with Crippen LogP contribution in [0.25, 0.3) is 0 Å². The molecule has 19 heavy (non-hydrogen) atoms. The van der Waals surface area contributed by atoms with Crippen LogP contribution >= 0.6 is 0 Å². The van der Waals surface area contributed by atoms with E-state index in [4.69, 9.17) is 5.26 Å². The molecule has 0 aliphatic heterocycles. The van der Waals surface area contributed by atoms with Gasteiger partial charge in [-0.05, 0) is 25.1 Å². The van der Waals surface area contributed by atoms with Gasteiger partial charge in [0.05, 0.1) is 21.8 Å². The Morgan fingerprint density at radius 2 is 1.79 bits per heavy atom. The first-order valence-corrected chi connectivity index (χ1v) is 6.93. The van der Waals surface area contributed by atoms with E-state index < -0.39 is 16.9 Å². The fourth-order valence-corrected chi connectivity index (χ4v) is 2.97. The Kier molecular flexibility index (Phi) is 4.10. The summed E-state index contributed by atoms with van der Waals surface area (Å²) in [4.78, 5) is 1.13. The minimum absolute atomic E-state index is 0.393. The molecule has 0 bridgehead atoms. The molecular formula is C15H13NO2S. The van der Waals surface area contributed by atoms with Gasteiger partial charge in [0, 0.05) is 10.5 Å². The highest BCUT2D eigenvalue weighted by atomic mass is 32.2. The van der Waals surface area contributed by atoms with E-state index in [0.29, 0.717) is 15.4 Å². The highest BCUT2D eigenvalue weighted by Gasteiger charge is 2.16. The van der Waals surface area contributed by atoms with Crippen LogP contribution in [0, 0.1) is 18.3 Å². The quantitative estimate of drug-likeness (QED) is 0.873. The largest absolute Gasteiger partial charge is 0.374 e. The van der Waals surface area contributed by atoms with Crippen LogP contribution in [0.15, 0.2) is 58.3 Å². The van der Waals surface area contributed by atoms with Crippen LogP contribution < -0.4 is 0 Å². The van der Waals surface area contributed by atoms with Crippen LogP contribution in [0.5, 0.6) is 0 Å². The van der Waals surface area contributed by atoms with Gasteiger partial charge in [-0.3, -0.25) is 0 Å². The van der Waals surface area contributed by atoms with Crippen molar-refractivity contribution in [3.8, 4) is 6.07 Å². The number of aryl methyl sites for hydroxylation is 1. The van der Waals surface area contributed by atoms with Crippen molar-refractivity contribution >= 4 is 10.8 Å². The number of aliphatic hydroxyl groups excluding tert-OH is 1. The van der Waals surface area contributed by atoms with Gasteiger partial charge < -0.3 is 5.11 Å². The molecule has 2 aromatic carbocycles. The Balaban J connectivity index is 2.45. The molecule has 0 heterocycles. The molecule has 0 saturated carbocycles. The zero-order valence-corrected chi connectivity index (χ0v) is 11.2. The van der Waals surface area contributed by atoms with Crippen LogP contribution in [-0.2, 0) is 10.8 Å². The van der Waals surface area contributed by atoms with Crippen molar-refractivity contribution in [1.29, 1.82) is 5.26 Å². The molecule has 0 fully saturated rings. The molecule has 2 rings (SSSR count). The predicted octanol–water partition coefficient (Wildman–Crippen LogP) is 2.72. The molecule has 0 aliphatic rings.